The topological polar surface area (TPSA) is 111 Å². The van der Waals surface area contributed by atoms with Crippen LogP contribution in [0.5, 0.6) is 0 Å². The van der Waals surface area contributed by atoms with Crippen LogP contribution < -0.4 is 5.32 Å². The smallest absolute Gasteiger partial charge is 0.334 e. The summed E-state index contributed by atoms with van der Waals surface area (Å²) < 4.78 is 0. The molecular weight excluding hydrogens is 402 g/mol. The molecule has 0 aliphatic rings. The van der Waals surface area contributed by atoms with Crippen LogP contribution in [0.2, 0.25) is 0 Å². The van der Waals surface area contributed by atoms with Gasteiger partial charge in [0.1, 0.15) is 6.33 Å². The van der Waals surface area contributed by atoms with Gasteiger partial charge in [-0.25, -0.2) is 9.97 Å². The van der Waals surface area contributed by atoms with Crippen molar-refractivity contribution in [1.82, 2.24) is 15.0 Å². The Hall–Kier alpha value is -3.85. The van der Waals surface area contributed by atoms with Crippen LogP contribution in [0.3, 0.4) is 0 Å². The molecule has 0 unspecified atom stereocenters. The van der Waals surface area contributed by atoms with Crippen LogP contribution >= 0.6 is 11.8 Å². The largest absolute Gasteiger partial charge is 0.343 e. The average Bonchev–Trinajstić information content (AvgIpc) is 2.74. The van der Waals surface area contributed by atoms with E-state index in [1.807, 2.05) is 30.3 Å². The number of hydrogen-bond acceptors (Lipinski definition) is 8. The van der Waals surface area contributed by atoms with Crippen molar-refractivity contribution in [3.63, 3.8) is 0 Å². The third-order valence-corrected chi connectivity index (χ3v) is 5.35. The van der Waals surface area contributed by atoms with Crippen LogP contribution in [0.15, 0.2) is 77.0 Å². The van der Waals surface area contributed by atoms with Crippen LogP contribution in [-0.2, 0) is 0 Å². The number of carbonyl (C=O) groups is 1. The van der Waals surface area contributed by atoms with Gasteiger partial charge in [-0.1, -0.05) is 42.1 Å². The van der Waals surface area contributed by atoms with Gasteiger partial charge in [-0.3, -0.25) is 19.9 Å². The van der Waals surface area contributed by atoms with Gasteiger partial charge in [0.2, 0.25) is 5.82 Å². The number of aromatic nitrogens is 3. The predicted octanol–water partition coefficient (Wildman–Crippen LogP) is 5.03. The zero-order chi connectivity index (χ0) is 21.1. The summed E-state index contributed by atoms with van der Waals surface area (Å²) in [6.07, 6.45) is 2.95. The lowest BCUT2D eigenvalue weighted by molar-refractivity contribution is -0.387. The molecule has 8 nitrogen and oxygen atoms in total. The monoisotopic (exact) mass is 417 g/mol. The summed E-state index contributed by atoms with van der Waals surface area (Å²) in [6.45, 7) is 1.46. The summed E-state index contributed by atoms with van der Waals surface area (Å²) in [5, 5.41) is 15.9. The first-order valence-electron chi connectivity index (χ1n) is 8.92. The Morgan fingerprint density at radius 3 is 2.67 bits per heavy atom. The molecule has 2 heterocycles. The molecule has 0 radical (unpaired) electrons. The summed E-state index contributed by atoms with van der Waals surface area (Å²) in [5.41, 5.74) is 1.51. The number of nitro groups is 1. The first-order chi connectivity index (χ1) is 14.5. The van der Waals surface area contributed by atoms with Gasteiger partial charge in [0, 0.05) is 27.7 Å². The number of pyridine rings is 1. The van der Waals surface area contributed by atoms with Crippen LogP contribution in [0.1, 0.15) is 17.3 Å². The number of para-hydroxylation sites is 1. The first kappa shape index (κ1) is 19.5. The molecule has 148 valence electrons. The van der Waals surface area contributed by atoms with Crippen molar-refractivity contribution in [2.24, 2.45) is 0 Å². The molecule has 1 N–H and O–H groups in total. The van der Waals surface area contributed by atoms with Crippen molar-refractivity contribution in [3.05, 3.63) is 82.8 Å². The molecule has 0 aliphatic carbocycles. The fourth-order valence-corrected chi connectivity index (χ4v) is 3.90. The summed E-state index contributed by atoms with van der Waals surface area (Å²) in [5.74, 6) is -0.0538. The van der Waals surface area contributed by atoms with E-state index in [2.05, 4.69) is 20.3 Å². The number of hydrogen-bond donors (Lipinski definition) is 1. The van der Waals surface area contributed by atoms with Gasteiger partial charge in [-0.05, 0) is 31.2 Å². The number of carbonyl (C=O) groups excluding carboxylic acids is 1. The lowest BCUT2D eigenvalue weighted by Gasteiger charge is -2.10. The van der Waals surface area contributed by atoms with Crippen molar-refractivity contribution < 1.29 is 9.72 Å². The van der Waals surface area contributed by atoms with Crippen LogP contribution in [0, 0.1) is 10.1 Å². The zero-order valence-electron chi connectivity index (χ0n) is 15.8. The van der Waals surface area contributed by atoms with Crippen molar-refractivity contribution in [3.8, 4) is 0 Å². The molecule has 2 aromatic heterocycles. The standard InChI is InChI=1S/C21H15N5O3S/c1-13(27)15-6-2-8-16(11-15)25-20-19(26(28)29)21(24-12-23-20)30-17-9-3-5-14-7-4-10-22-18(14)17/h2-12H,1H3,(H,23,24,25). The summed E-state index contributed by atoms with van der Waals surface area (Å²) in [6, 6.07) is 16.1. The minimum atomic E-state index is -0.516. The Morgan fingerprint density at radius 1 is 1.07 bits per heavy atom. The van der Waals surface area contributed by atoms with E-state index in [0.717, 1.165) is 27.6 Å². The van der Waals surface area contributed by atoms with Crippen molar-refractivity contribution in [2.75, 3.05) is 5.32 Å². The Morgan fingerprint density at radius 2 is 1.87 bits per heavy atom. The van der Waals surface area contributed by atoms with Gasteiger partial charge in [0.15, 0.2) is 10.8 Å². The van der Waals surface area contributed by atoms with Gasteiger partial charge in [0.05, 0.1) is 10.4 Å². The highest BCUT2D eigenvalue weighted by atomic mass is 32.2. The maximum absolute atomic E-state index is 11.9. The average molecular weight is 417 g/mol. The third kappa shape index (κ3) is 3.96. The lowest BCUT2D eigenvalue weighted by Crippen LogP contribution is -2.03. The molecule has 0 saturated carbocycles. The SMILES string of the molecule is CC(=O)c1cccc(Nc2ncnc(Sc3cccc4cccnc34)c2[N+](=O)[O-])c1. The highest BCUT2D eigenvalue weighted by Crippen LogP contribution is 2.39. The zero-order valence-corrected chi connectivity index (χ0v) is 16.6. The molecule has 0 aliphatic heterocycles. The molecule has 0 amide bonds. The van der Waals surface area contributed by atoms with E-state index in [-0.39, 0.29) is 22.3 Å². The summed E-state index contributed by atoms with van der Waals surface area (Å²) in [7, 11) is 0. The number of nitrogens with one attached hydrogen (secondary N) is 1. The molecule has 2 aromatic carbocycles. The minimum Gasteiger partial charge on any atom is -0.334 e. The molecular formula is C21H15N5O3S. The summed E-state index contributed by atoms with van der Waals surface area (Å²) >= 11 is 1.16. The maximum Gasteiger partial charge on any atom is 0.343 e. The van der Waals surface area contributed by atoms with E-state index in [9.17, 15) is 14.9 Å². The number of ketones is 1. The fraction of sp³-hybridized carbons (Fsp3) is 0.0476. The third-order valence-electron chi connectivity index (χ3n) is 4.31. The van der Waals surface area contributed by atoms with Crippen molar-refractivity contribution >= 4 is 45.6 Å². The minimum absolute atomic E-state index is 0.0476. The van der Waals surface area contributed by atoms with Crippen LogP contribution in [-0.4, -0.2) is 25.7 Å². The fourth-order valence-electron chi connectivity index (χ4n) is 2.91. The Bertz CT molecular complexity index is 1270. The molecule has 4 rings (SSSR count). The second-order valence-corrected chi connectivity index (χ2v) is 7.36. The van der Waals surface area contributed by atoms with E-state index < -0.39 is 4.92 Å². The number of fused-ring (bicyclic) bond motifs is 1. The molecule has 9 heteroatoms. The Balaban J connectivity index is 1.74. The van der Waals surface area contributed by atoms with Gasteiger partial charge in [-0.2, -0.15) is 0 Å². The Labute approximate surface area is 175 Å². The first-order valence-corrected chi connectivity index (χ1v) is 9.73. The van der Waals surface area contributed by atoms with Gasteiger partial charge in [-0.15, -0.1) is 0 Å². The van der Waals surface area contributed by atoms with Crippen molar-refractivity contribution in [2.45, 2.75) is 16.8 Å². The number of Topliss-reactive ketones (excluding diaryl/α,β-unsaturated/α-hetero) is 1. The Kier molecular flexibility index (Phi) is 5.36. The maximum atomic E-state index is 11.9. The number of nitrogens with zero attached hydrogens (tertiary/aromatic N) is 4. The van der Waals surface area contributed by atoms with E-state index in [0.29, 0.717) is 11.3 Å². The second kappa shape index (κ2) is 8.26. The summed E-state index contributed by atoms with van der Waals surface area (Å²) in [4.78, 5) is 36.3. The molecule has 30 heavy (non-hydrogen) atoms. The molecule has 0 spiro atoms. The van der Waals surface area contributed by atoms with Crippen LogP contribution in [0.25, 0.3) is 10.9 Å². The molecule has 0 fully saturated rings. The highest BCUT2D eigenvalue weighted by molar-refractivity contribution is 7.99. The molecule has 0 atom stereocenters. The molecule has 0 saturated heterocycles. The number of rotatable bonds is 6. The van der Waals surface area contributed by atoms with E-state index in [1.54, 1.807) is 30.5 Å². The second-order valence-electron chi connectivity index (χ2n) is 6.33. The quantitative estimate of drug-likeness (QED) is 0.201. The number of anilines is 2. The van der Waals surface area contributed by atoms with Gasteiger partial charge in [0.25, 0.3) is 0 Å². The normalized spacial score (nSPS) is 10.7. The molecule has 0 bridgehead atoms. The van der Waals surface area contributed by atoms with E-state index in [4.69, 9.17) is 0 Å². The van der Waals surface area contributed by atoms with Gasteiger partial charge >= 0.3 is 5.69 Å². The lowest BCUT2D eigenvalue weighted by atomic mass is 10.1. The predicted molar refractivity (Wildman–Crippen MR) is 114 cm³/mol. The molecule has 4 aromatic rings. The van der Waals surface area contributed by atoms with E-state index >= 15 is 0 Å². The van der Waals surface area contributed by atoms with Gasteiger partial charge < -0.3 is 5.32 Å². The highest BCUT2D eigenvalue weighted by Gasteiger charge is 2.24. The van der Waals surface area contributed by atoms with E-state index in [1.165, 1.54) is 13.3 Å². The van der Waals surface area contributed by atoms with Crippen LogP contribution in [0.4, 0.5) is 17.2 Å². The van der Waals surface area contributed by atoms with Crippen molar-refractivity contribution in [1.29, 1.82) is 0 Å². The number of benzene rings is 2.